The molecule has 0 fully saturated rings. The number of anilines is 1. The van der Waals surface area contributed by atoms with Crippen LogP contribution in [0.1, 0.15) is 25.0 Å². The minimum Gasteiger partial charge on any atom is -0.365 e. The molecule has 0 saturated carbocycles. The lowest BCUT2D eigenvalue weighted by Crippen LogP contribution is -2.38. The Morgan fingerprint density at radius 2 is 1.91 bits per heavy atom. The van der Waals surface area contributed by atoms with E-state index in [0.717, 1.165) is 13.1 Å². The molecule has 1 unspecified atom stereocenters. The molecule has 23 heavy (non-hydrogen) atoms. The molecule has 0 amide bonds. The van der Waals surface area contributed by atoms with E-state index in [2.05, 4.69) is 66.4 Å². The third-order valence-corrected chi connectivity index (χ3v) is 3.86. The third kappa shape index (κ3) is 5.08. The summed E-state index contributed by atoms with van der Waals surface area (Å²) < 4.78 is 0. The van der Waals surface area contributed by atoms with Crippen LogP contribution in [-0.4, -0.2) is 29.5 Å². The average Bonchev–Trinajstić information content (AvgIpc) is 2.55. The molecule has 4 nitrogen and oxygen atoms in total. The lowest BCUT2D eigenvalue weighted by atomic mass is 10.0. The van der Waals surface area contributed by atoms with Crippen molar-refractivity contribution in [1.82, 2.24) is 9.88 Å². The topological polar surface area (TPSA) is 52.0 Å². The monoisotopic (exact) mass is 308 g/mol. The number of pyridine rings is 1. The van der Waals surface area contributed by atoms with E-state index in [0.29, 0.717) is 17.3 Å². The Labute approximate surface area is 138 Å². The van der Waals surface area contributed by atoms with Gasteiger partial charge in [-0.1, -0.05) is 44.2 Å². The minimum absolute atomic E-state index is 0.228. The summed E-state index contributed by atoms with van der Waals surface area (Å²) in [6.07, 6.45) is 1.72. The highest BCUT2D eigenvalue weighted by molar-refractivity contribution is 5.51. The minimum atomic E-state index is 0.228. The maximum atomic E-state index is 9.21. The Morgan fingerprint density at radius 1 is 1.17 bits per heavy atom. The summed E-state index contributed by atoms with van der Waals surface area (Å²) in [5.41, 5.74) is 1.89. The van der Waals surface area contributed by atoms with Crippen molar-refractivity contribution in [2.45, 2.75) is 26.4 Å². The predicted octanol–water partition coefficient (Wildman–Crippen LogP) is 3.52. The van der Waals surface area contributed by atoms with Crippen molar-refractivity contribution in [3.63, 3.8) is 0 Å². The summed E-state index contributed by atoms with van der Waals surface area (Å²) in [5, 5.41) is 12.6. The summed E-state index contributed by atoms with van der Waals surface area (Å²) >= 11 is 0. The number of nitrogens with zero attached hydrogens (tertiary/aromatic N) is 3. The van der Waals surface area contributed by atoms with Crippen molar-refractivity contribution in [3.8, 4) is 6.07 Å². The second-order valence-electron chi connectivity index (χ2n) is 6.19. The number of hydrogen-bond acceptors (Lipinski definition) is 4. The maximum Gasteiger partial charge on any atom is 0.144 e. The molecule has 0 spiro atoms. The smallest absolute Gasteiger partial charge is 0.144 e. The third-order valence-electron chi connectivity index (χ3n) is 3.86. The number of nitriles is 1. The zero-order valence-corrected chi connectivity index (χ0v) is 14.0. The van der Waals surface area contributed by atoms with Gasteiger partial charge in [0.1, 0.15) is 11.9 Å². The number of nitrogens with one attached hydrogen (secondary N) is 1. The van der Waals surface area contributed by atoms with Gasteiger partial charge in [-0.3, -0.25) is 0 Å². The van der Waals surface area contributed by atoms with Crippen LogP contribution in [0.3, 0.4) is 0 Å². The molecule has 0 aliphatic carbocycles. The highest BCUT2D eigenvalue weighted by Crippen LogP contribution is 2.16. The number of benzene rings is 1. The van der Waals surface area contributed by atoms with Gasteiger partial charge in [-0.2, -0.15) is 5.26 Å². The van der Waals surface area contributed by atoms with Crippen molar-refractivity contribution in [2.24, 2.45) is 5.92 Å². The zero-order valence-electron chi connectivity index (χ0n) is 14.0. The first-order valence-electron chi connectivity index (χ1n) is 7.94. The second kappa shape index (κ2) is 8.30. The molecule has 0 saturated heterocycles. The molecular formula is C19H24N4. The van der Waals surface area contributed by atoms with Gasteiger partial charge < -0.3 is 10.2 Å². The maximum absolute atomic E-state index is 9.21. The standard InChI is InChI=1S/C19H24N4/c1-15(2)18(22-19-17(12-20)10-7-11-21-19)14-23(3)13-16-8-5-4-6-9-16/h4-11,15,18H,13-14H2,1-3H3,(H,21,22). The van der Waals surface area contributed by atoms with Gasteiger partial charge in [-0.15, -0.1) is 0 Å². The molecule has 1 atom stereocenters. The first kappa shape index (κ1) is 17.0. The Morgan fingerprint density at radius 3 is 2.57 bits per heavy atom. The molecule has 0 aliphatic rings. The molecule has 1 heterocycles. The van der Waals surface area contributed by atoms with Crippen molar-refractivity contribution >= 4 is 5.82 Å². The van der Waals surface area contributed by atoms with E-state index in [-0.39, 0.29) is 6.04 Å². The molecule has 1 N–H and O–H groups in total. The number of hydrogen-bond donors (Lipinski definition) is 1. The lowest BCUT2D eigenvalue weighted by molar-refractivity contribution is 0.286. The quantitative estimate of drug-likeness (QED) is 0.850. The Kier molecular flexibility index (Phi) is 6.13. The zero-order chi connectivity index (χ0) is 16.7. The van der Waals surface area contributed by atoms with Crippen LogP contribution in [0.5, 0.6) is 0 Å². The van der Waals surface area contributed by atoms with Gasteiger partial charge in [0, 0.05) is 25.3 Å². The van der Waals surface area contributed by atoms with Crippen molar-refractivity contribution < 1.29 is 0 Å². The number of aromatic nitrogens is 1. The highest BCUT2D eigenvalue weighted by Gasteiger charge is 2.17. The fourth-order valence-corrected chi connectivity index (χ4v) is 2.50. The van der Waals surface area contributed by atoms with Crippen LogP contribution in [0, 0.1) is 17.2 Å². The highest BCUT2D eigenvalue weighted by atomic mass is 15.1. The van der Waals surface area contributed by atoms with Crippen LogP contribution in [0.2, 0.25) is 0 Å². The second-order valence-corrected chi connectivity index (χ2v) is 6.19. The van der Waals surface area contributed by atoms with E-state index in [4.69, 9.17) is 0 Å². The summed E-state index contributed by atoms with van der Waals surface area (Å²) in [6.45, 7) is 6.15. The first-order valence-corrected chi connectivity index (χ1v) is 7.94. The molecule has 0 bridgehead atoms. The van der Waals surface area contributed by atoms with E-state index in [9.17, 15) is 5.26 Å². The molecule has 2 aromatic rings. The van der Waals surface area contributed by atoms with Crippen molar-refractivity contribution in [2.75, 3.05) is 18.9 Å². The average molecular weight is 308 g/mol. The van der Waals surface area contributed by atoms with Gasteiger partial charge >= 0.3 is 0 Å². The van der Waals surface area contributed by atoms with E-state index in [1.54, 1.807) is 18.3 Å². The summed E-state index contributed by atoms with van der Waals surface area (Å²) in [4.78, 5) is 6.60. The molecule has 0 radical (unpaired) electrons. The fraction of sp³-hybridized carbons (Fsp3) is 0.368. The largest absolute Gasteiger partial charge is 0.365 e. The molecular weight excluding hydrogens is 284 g/mol. The van der Waals surface area contributed by atoms with E-state index < -0.39 is 0 Å². The molecule has 4 heteroatoms. The SMILES string of the molecule is CC(C)C(CN(C)Cc1ccccc1)Nc1ncccc1C#N. The Hall–Kier alpha value is -2.38. The van der Waals surface area contributed by atoms with Gasteiger partial charge in [0.15, 0.2) is 0 Å². The van der Waals surface area contributed by atoms with Gasteiger partial charge in [-0.05, 0) is 30.7 Å². The van der Waals surface area contributed by atoms with Crippen molar-refractivity contribution in [1.29, 1.82) is 5.26 Å². The van der Waals surface area contributed by atoms with Crippen LogP contribution >= 0.6 is 0 Å². The first-order chi connectivity index (χ1) is 11.1. The van der Waals surface area contributed by atoms with Gasteiger partial charge in [-0.25, -0.2) is 4.98 Å². The van der Waals surface area contributed by atoms with E-state index in [1.807, 2.05) is 6.07 Å². The van der Waals surface area contributed by atoms with Crippen LogP contribution in [-0.2, 0) is 6.54 Å². The van der Waals surface area contributed by atoms with Crippen LogP contribution < -0.4 is 5.32 Å². The lowest BCUT2D eigenvalue weighted by Gasteiger charge is -2.28. The molecule has 0 aliphatic heterocycles. The van der Waals surface area contributed by atoms with Gasteiger partial charge in [0.05, 0.1) is 5.56 Å². The fourth-order valence-electron chi connectivity index (χ4n) is 2.50. The van der Waals surface area contributed by atoms with E-state index in [1.165, 1.54) is 5.56 Å². The molecule has 120 valence electrons. The summed E-state index contributed by atoms with van der Waals surface area (Å²) in [5.74, 6) is 1.10. The molecule has 1 aromatic carbocycles. The molecule has 1 aromatic heterocycles. The Balaban J connectivity index is 2.03. The van der Waals surface area contributed by atoms with Gasteiger partial charge in [0.25, 0.3) is 0 Å². The Bertz CT molecular complexity index is 646. The summed E-state index contributed by atoms with van der Waals surface area (Å²) in [6, 6.07) is 16.4. The molecule has 2 rings (SSSR count). The van der Waals surface area contributed by atoms with Crippen molar-refractivity contribution in [3.05, 3.63) is 59.8 Å². The number of rotatable bonds is 7. The van der Waals surface area contributed by atoms with Crippen LogP contribution in [0.15, 0.2) is 48.7 Å². The normalized spacial score (nSPS) is 12.2. The van der Waals surface area contributed by atoms with E-state index >= 15 is 0 Å². The number of likely N-dealkylation sites (N-methyl/N-ethyl adjacent to an activating group) is 1. The van der Waals surface area contributed by atoms with Crippen LogP contribution in [0.25, 0.3) is 0 Å². The van der Waals surface area contributed by atoms with Crippen LogP contribution in [0.4, 0.5) is 5.82 Å². The summed E-state index contributed by atoms with van der Waals surface area (Å²) in [7, 11) is 2.12. The predicted molar refractivity (Wildman–Crippen MR) is 94.0 cm³/mol. The van der Waals surface area contributed by atoms with Gasteiger partial charge in [0.2, 0.25) is 0 Å².